The number of aromatic nitrogens is 5. The van der Waals surface area contributed by atoms with Gasteiger partial charge in [-0.25, -0.2) is 9.67 Å². The lowest BCUT2D eigenvalue weighted by Gasteiger charge is -2.19. The molecule has 4 heterocycles. The molecule has 1 fully saturated rings. The summed E-state index contributed by atoms with van der Waals surface area (Å²) in [6.07, 6.45) is 4.64. The number of hydrogen-bond donors (Lipinski definition) is 2. The number of benzene rings is 2. The van der Waals surface area contributed by atoms with E-state index in [0.717, 1.165) is 30.5 Å². The maximum Gasteiger partial charge on any atom is 0.290 e. The van der Waals surface area contributed by atoms with Crippen LogP contribution < -0.4 is 16.4 Å². The van der Waals surface area contributed by atoms with Crippen LogP contribution in [0.1, 0.15) is 49.8 Å². The number of aryl methyl sites for hydroxylation is 1. The van der Waals surface area contributed by atoms with Crippen LogP contribution in [-0.2, 0) is 19.1 Å². The Morgan fingerprint density at radius 2 is 1.82 bits per heavy atom. The van der Waals surface area contributed by atoms with Gasteiger partial charge in [0.05, 0.1) is 29.6 Å². The smallest absolute Gasteiger partial charge is 0.290 e. The van der Waals surface area contributed by atoms with Crippen molar-refractivity contribution in [1.82, 2.24) is 29.4 Å². The molecular formula is C34H37N7O3. The second-order valence-electron chi connectivity index (χ2n) is 12.6. The van der Waals surface area contributed by atoms with Gasteiger partial charge < -0.3 is 15.3 Å². The van der Waals surface area contributed by atoms with Crippen molar-refractivity contribution in [3.63, 3.8) is 0 Å². The van der Waals surface area contributed by atoms with Crippen molar-refractivity contribution in [2.75, 3.05) is 25.5 Å². The number of likely N-dealkylation sites (N-methyl/N-ethyl adjacent to an activating group) is 1. The van der Waals surface area contributed by atoms with E-state index in [-0.39, 0.29) is 23.1 Å². The second kappa shape index (κ2) is 11.4. The molecule has 10 nitrogen and oxygen atoms in total. The van der Waals surface area contributed by atoms with Crippen LogP contribution in [0.25, 0.3) is 27.7 Å². The van der Waals surface area contributed by atoms with E-state index in [1.165, 1.54) is 14.9 Å². The minimum atomic E-state index is -0.368. The summed E-state index contributed by atoms with van der Waals surface area (Å²) >= 11 is 0. The van der Waals surface area contributed by atoms with Crippen LogP contribution in [0.5, 0.6) is 0 Å². The minimum absolute atomic E-state index is 0.0653. The van der Waals surface area contributed by atoms with Gasteiger partial charge in [-0.05, 0) is 72.8 Å². The first-order valence-corrected chi connectivity index (χ1v) is 14.8. The molecule has 0 unspecified atom stereocenters. The molecular weight excluding hydrogens is 554 g/mol. The average molecular weight is 592 g/mol. The van der Waals surface area contributed by atoms with Gasteiger partial charge in [-0.15, -0.1) is 0 Å². The zero-order valence-corrected chi connectivity index (χ0v) is 25.7. The highest BCUT2D eigenvalue weighted by Crippen LogP contribution is 2.30. The van der Waals surface area contributed by atoms with Crippen LogP contribution in [-0.4, -0.2) is 54.7 Å². The zero-order valence-electron chi connectivity index (χ0n) is 25.7. The van der Waals surface area contributed by atoms with Gasteiger partial charge in [0.25, 0.3) is 11.1 Å². The normalized spacial score (nSPS) is 15.6. The molecule has 1 saturated heterocycles. The van der Waals surface area contributed by atoms with E-state index in [1.54, 1.807) is 37.5 Å². The number of aliphatic hydroxyl groups is 1. The number of pyridine rings is 1. The Labute approximate surface area is 255 Å². The number of likely N-dealkylation sites (tertiary alicyclic amines) is 1. The number of rotatable bonds is 6. The summed E-state index contributed by atoms with van der Waals surface area (Å²) in [6.45, 7) is 8.08. The van der Waals surface area contributed by atoms with Crippen molar-refractivity contribution in [1.29, 1.82) is 0 Å². The number of aliphatic hydroxyl groups excluding tert-OH is 1. The van der Waals surface area contributed by atoms with Gasteiger partial charge in [-0.3, -0.25) is 9.59 Å². The van der Waals surface area contributed by atoms with E-state index in [1.807, 2.05) is 30.5 Å². The first kappa shape index (κ1) is 29.4. The summed E-state index contributed by atoms with van der Waals surface area (Å²) in [5.41, 5.74) is 3.85. The maximum atomic E-state index is 13.6. The molecule has 1 aliphatic heterocycles. The zero-order chi connectivity index (χ0) is 31.2. The Morgan fingerprint density at radius 1 is 1.00 bits per heavy atom. The monoisotopic (exact) mass is 591 g/mol. The van der Waals surface area contributed by atoms with E-state index in [0.29, 0.717) is 45.3 Å². The molecule has 0 bridgehead atoms. The number of hydrogen-bond acceptors (Lipinski definition) is 8. The highest BCUT2D eigenvalue weighted by molar-refractivity contribution is 5.82. The molecule has 10 heteroatoms. The molecule has 44 heavy (non-hydrogen) atoms. The fourth-order valence-electron chi connectivity index (χ4n) is 5.86. The van der Waals surface area contributed by atoms with Gasteiger partial charge in [-0.2, -0.15) is 14.9 Å². The van der Waals surface area contributed by atoms with Crippen LogP contribution in [0.15, 0.2) is 76.6 Å². The lowest BCUT2D eigenvalue weighted by molar-refractivity contribution is 0.281. The van der Waals surface area contributed by atoms with Crippen molar-refractivity contribution in [3.8, 4) is 16.9 Å². The highest BCUT2D eigenvalue weighted by atomic mass is 16.3. The Bertz CT molecular complexity index is 1970. The van der Waals surface area contributed by atoms with Gasteiger partial charge >= 0.3 is 0 Å². The molecule has 226 valence electrons. The molecule has 1 aliphatic rings. The van der Waals surface area contributed by atoms with Crippen molar-refractivity contribution < 1.29 is 5.11 Å². The molecule has 1 atom stereocenters. The summed E-state index contributed by atoms with van der Waals surface area (Å²) < 4.78 is 2.56. The molecule has 0 amide bonds. The molecule has 3 aromatic heterocycles. The summed E-state index contributed by atoms with van der Waals surface area (Å²) in [5, 5.41) is 24.0. The fourth-order valence-corrected chi connectivity index (χ4v) is 5.86. The molecule has 6 rings (SSSR count). The van der Waals surface area contributed by atoms with Crippen LogP contribution in [0.2, 0.25) is 0 Å². The SMILES string of the molecule is CN1CC[C@@H](c2ccc(Nc3cc(-c4cccc(-n5ncc6cc(C(C)(C)C)ccc6c5=O)c4CO)nn(C)c3=O)nc2)C1. The van der Waals surface area contributed by atoms with Gasteiger partial charge in [0.1, 0.15) is 11.5 Å². The summed E-state index contributed by atoms with van der Waals surface area (Å²) in [6, 6.07) is 16.7. The topological polar surface area (TPSA) is 118 Å². The quantitative estimate of drug-likeness (QED) is 0.297. The minimum Gasteiger partial charge on any atom is -0.392 e. The van der Waals surface area contributed by atoms with E-state index in [2.05, 4.69) is 59.3 Å². The average Bonchev–Trinajstić information content (AvgIpc) is 3.45. The number of nitrogens with zero attached hydrogens (tertiary/aromatic N) is 6. The Kier molecular flexibility index (Phi) is 7.65. The van der Waals surface area contributed by atoms with Crippen molar-refractivity contribution in [2.24, 2.45) is 7.05 Å². The van der Waals surface area contributed by atoms with Gasteiger partial charge in [0.2, 0.25) is 0 Å². The van der Waals surface area contributed by atoms with Gasteiger partial charge in [-0.1, -0.05) is 45.0 Å². The third-order valence-electron chi connectivity index (χ3n) is 8.44. The van der Waals surface area contributed by atoms with Crippen molar-refractivity contribution >= 4 is 22.3 Å². The number of nitrogens with one attached hydrogen (secondary N) is 1. The van der Waals surface area contributed by atoms with Crippen LogP contribution in [0.3, 0.4) is 0 Å². The lowest BCUT2D eigenvalue weighted by atomic mass is 9.86. The summed E-state index contributed by atoms with van der Waals surface area (Å²) in [4.78, 5) is 33.6. The summed E-state index contributed by atoms with van der Waals surface area (Å²) in [5.74, 6) is 1.00. The van der Waals surface area contributed by atoms with Gasteiger partial charge in [0, 0.05) is 36.3 Å². The maximum absolute atomic E-state index is 13.6. The summed E-state index contributed by atoms with van der Waals surface area (Å²) in [7, 11) is 3.70. The molecule has 5 aromatic rings. The van der Waals surface area contributed by atoms with Crippen LogP contribution >= 0.6 is 0 Å². The van der Waals surface area contributed by atoms with Gasteiger partial charge in [0.15, 0.2) is 0 Å². The molecule has 0 aliphatic carbocycles. The number of fused-ring (bicyclic) bond motifs is 1. The molecule has 2 aromatic carbocycles. The third kappa shape index (κ3) is 5.54. The Hall–Kier alpha value is -4.67. The number of anilines is 2. The van der Waals surface area contributed by atoms with Crippen LogP contribution in [0.4, 0.5) is 11.5 Å². The molecule has 0 saturated carbocycles. The Morgan fingerprint density at radius 3 is 2.50 bits per heavy atom. The molecule has 0 spiro atoms. The van der Waals surface area contributed by atoms with Crippen molar-refractivity contribution in [3.05, 3.63) is 104 Å². The first-order chi connectivity index (χ1) is 21.0. The largest absolute Gasteiger partial charge is 0.392 e. The first-order valence-electron chi connectivity index (χ1n) is 14.8. The predicted molar refractivity (Wildman–Crippen MR) is 173 cm³/mol. The lowest BCUT2D eigenvalue weighted by Crippen LogP contribution is -2.24. The Balaban J connectivity index is 1.37. The highest BCUT2D eigenvalue weighted by Gasteiger charge is 2.22. The van der Waals surface area contributed by atoms with E-state index in [4.69, 9.17) is 0 Å². The third-order valence-corrected chi connectivity index (χ3v) is 8.44. The van der Waals surface area contributed by atoms with E-state index >= 15 is 0 Å². The fraction of sp³-hybridized carbons (Fsp3) is 0.324. The van der Waals surface area contributed by atoms with E-state index in [9.17, 15) is 14.7 Å². The van der Waals surface area contributed by atoms with Crippen LogP contribution in [0, 0.1) is 0 Å². The molecule has 2 N–H and O–H groups in total. The van der Waals surface area contributed by atoms with E-state index < -0.39 is 0 Å². The standard InChI is InChI=1S/C34H37N7O3/c1-34(2,3)24-10-11-25-23(15-24)18-36-41(32(25)43)30-8-6-7-26(27(30)20-42)28-16-29(33(44)40(5)38-28)37-31-12-9-21(17-35-31)22-13-14-39(4)19-22/h6-12,15-18,22,42H,13-14,19-20H2,1-5H3,(H,35,37)/t22-/m1/s1. The second-order valence-corrected chi connectivity index (χ2v) is 12.6. The van der Waals surface area contributed by atoms with Crippen molar-refractivity contribution in [2.45, 2.75) is 45.1 Å². The molecule has 0 radical (unpaired) electrons. The predicted octanol–water partition coefficient (Wildman–Crippen LogP) is 4.49.